The first-order valence-corrected chi connectivity index (χ1v) is 7.66. The summed E-state index contributed by atoms with van der Waals surface area (Å²) in [6.07, 6.45) is 3.35. The van der Waals surface area contributed by atoms with Crippen molar-refractivity contribution >= 4 is 17.4 Å². The van der Waals surface area contributed by atoms with Gasteiger partial charge in [0.1, 0.15) is 12.0 Å². The van der Waals surface area contributed by atoms with Gasteiger partial charge < -0.3 is 20.1 Å². The summed E-state index contributed by atoms with van der Waals surface area (Å²) in [5, 5.41) is 12.5. The largest absolute Gasteiger partial charge is 0.367 e. The Morgan fingerprint density at radius 1 is 1.25 bits per heavy atom. The van der Waals surface area contributed by atoms with Crippen molar-refractivity contribution in [2.24, 2.45) is 7.05 Å². The second kappa shape index (κ2) is 6.81. The summed E-state index contributed by atoms with van der Waals surface area (Å²) in [5.74, 6) is -0.798. The highest BCUT2D eigenvalue weighted by molar-refractivity contribution is 5.89. The number of nitrogens with zero attached hydrogens (tertiary/aromatic N) is 4. The van der Waals surface area contributed by atoms with Crippen LogP contribution in [-0.4, -0.2) is 33.9 Å². The Labute approximate surface area is 137 Å². The Hall–Kier alpha value is -2.71. The molecule has 0 atom stereocenters. The van der Waals surface area contributed by atoms with Gasteiger partial charge >= 0.3 is 6.03 Å². The Morgan fingerprint density at radius 3 is 2.50 bits per heavy atom. The van der Waals surface area contributed by atoms with E-state index < -0.39 is 17.7 Å². The molecule has 0 aliphatic carbocycles. The van der Waals surface area contributed by atoms with Gasteiger partial charge in [0.25, 0.3) is 0 Å². The molecule has 0 spiro atoms. The molecule has 1 saturated heterocycles. The molecule has 2 heterocycles. The monoisotopic (exact) mass is 336 g/mol. The summed E-state index contributed by atoms with van der Waals surface area (Å²) in [7, 11) is 1.75. The van der Waals surface area contributed by atoms with Crippen LogP contribution in [0.2, 0.25) is 0 Å². The number of benzene rings is 1. The molecule has 1 aliphatic heterocycles. The third kappa shape index (κ3) is 3.44. The Bertz CT molecular complexity index is 718. The number of aromatic nitrogens is 3. The Balaban J connectivity index is 1.64. The highest BCUT2D eigenvalue weighted by Crippen LogP contribution is 2.29. The van der Waals surface area contributed by atoms with Crippen molar-refractivity contribution in [1.29, 1.82) is 0 Å². The molecular formula is C15H18F2N6O. The van der Waals surface area contributed by atoms with Crippen molar-refractivity contribution in [3.05, 3.63) is 35.9 Å². The van der Waals surface area contributed by atoms with Crippen LogP contribution in [0.4, 0.5) is 25.0 Å². The van der Waals surface area contributed by atoms with Crippen molar-refractivity contribution in [2.45, 2.75) is 19.4 Å². The molecule has 2 amide bonds. The van der Waals surface area contributed by atoms with Gasteiger partial charge in [-0.25, -0.2) is 13.6 Å². The van der Waals surface area contributed by atoms with Gasteiger partial charge in [0.05, 0.1) is 6.54 Å². The van der Waals surface area contributed by atoms with Gasteiger partial charge in [-0.3, -0.25) is 0 Å². The quantitative estimate of drug-likeness (QED) is 0.896. The zero-order valence-corrected chi connectivity index (χ0v) is 13.2. The standard InChI is InChI=1S/C15H18F2N6O/c1-22-9-19-21-13(22)8-18-15(24)20-10-6-11(16)14(12(17)7-10)23-4-2-3-5-23/h6-7,9H,2-5,8H2,1H3,(H2,18,20,24). The van der Waals surface area contributed by atoms with Gasteiger partial charge in [-0.15, -0.1) is 10.2 Å². The number of halogens is 2. The van der Waals surface area contributed by atoms with Crippen molar-refractivity contribution in [3.8, 4) is 0 Å². The summed E-state index contributed by atoms with van der Waals surface area (Å²) in [5.41, 5.74) is 0.0287. The van der Waals surface area contributed by atoms with Crippen molar-refractivity contribution in [1.82, 2.24) is 20.1 Å². The van der Waals surface area contributed by atoms with E-state index in [2.05, 4.69) is 20.8 Å². The molecule has 24 heavy (non-hydrogen) atoms. The maximum Gasteiger partial charge on any atom is 0.319 e. The number of carbonyl (C=O) groups is 1. The van der Waals surface area contributed by atoms with Crippen molar-refractivity contribution in [2.75, 3.05) is 23.3 Å². The van der Waals surface area contributed by atoms with Crippen LogP contribution in [0.3, 0.4) is 0 Å². The molecule has 0 unspecified atom stereocenters. The van der Waals surface area contributed by atoms with E-state index in [0.29, 0.717) is 18.9 Å². The second-order valence-corrected chi connectivity index (χ2v) is 5.65. The number of amides is 2. The summed E-state index contributed by atoms with van der Waals surface area (Å²) in [4.78, 5) is 13.5. The minimum Gasteiger partial charge on any atom is -0.367 e. The third-order valence-corrected chi connectivity index (χ3v) is 3.91. The lowest BCUT2D eigenvalue weighted by Gasteiger charge is -2.19. The van der Waals surface area contributed by atoms with E-state index in [1.165, 1.54) is 6.33 Å². The molecule has 2 aromatic rings. The number of hydrogen-bond donors (Lipinski definition) is 2. The molecule has 3 rings (SSSR count). The lowest BCUT2D eigenvalue weighted by Crippen LogP contribution is -2.29. The van der Waals surface area contributed by atoms with E-state index in [0.717, 1.165) is 25.0 Å². The van der Waals surface area contributed by atoms with Crippen molar-refractivity contribution in [3.63, 3.8) is 0 Å². The normalized spacial score (nSPS) is 14.0. The van der Waals surface area contributed by atoms with E-state index in [-0.39, 0.29) is 17.9 Å². The highest BCUT2D eigenvalue weighted by atomic mass is 19.1. The average Bonchev–Trinajstić information content (AvgIpc) is 3.16. The van der Waals surface area contributed by atoms with Crippen LogP contribution >= 0.6 is 0 Å². The van der Waals surface area contributed by atoms with Crippen LogP contribution in [-0.2, 0) is 13.6 Å². The maximum atomic E-state index is 14.2. The number of hydrogen-bond acceptors (Lipinski definition) is 4. The van der Waals surface area contributed by atoms with E-state index in [1.54, 1.807) is 16.5 Å². The molecule has 0 bridgehead atoms. The summed E-state index contributed by atoms with van der Waals surface area (Å²) < 4.78 is 30.1. The fourth-order valence-corrected chi connectivity index (χ4v) is 2.68. The second-order valence-electron chi connectivity index (χ2n) is 5.65. The van der Waals surface area contributed by atoms with Gasteiger partial charge in [0.2, 0.25) is 0 Å². The van der Waals surface area contributed by atoms with Crippen LogP contribution in [0.15, 0.2) is 18.5 Å². The molecular weight excluding hydrogens is 318 g/mol. The SMILES string of the molecule is Cn1cnnc1CNC(=O)Nc1cc(F)c(N2CCCC2)c(F)c1. The lowest BCUT2D eigenvalue weighted by molar-refractivity contribution is 0.251. The molecule has 0 radical (unpaired) electrons. The van der Waals surface area contributed by atoms with Crippen LogP contribution in [0, 0.1) is 11.6 Å². The molecule has 1 aromatic heterocycles. The molecule has 7 nitrogen and oxygen atoms in total. The first-order chi connectivity index (χ1) is 11.5. The van der Waals surface area contributed by atoms with E-state index >= 15 is 0 Å². The fraction of sp³-hybridized carbons (Fsp3) is 0.400. The first kappa shape index (κ1) is 16.2. The number of carbonyl (C=O) groups excluding carboxylic acids is 1. The van der Waals surface area contributed by atoms with E-state index in [4.69, 9.17) is 0 Å². The zero-order chi connectivity index (χ0) is 17.1. The molecule has 1 aliphatic rings. The number of aryl methyl sites for hydroxylation is 1. The van der Waals surface area contributed by atoms with Gasteiger partial charge in [0, 0.05) is 25.8 Å². The van der Waals surface area contributed by atoms with Crippen LogP contribution in [0.1, 0.15) is 18.7 Å². The lowest BCUT2D eigenvalue weighted by atomic mass is 10.2. The molecule has 9 heteroatoms. The molecule has 0 saturated carbocycles. The van der Waals surface area contributed by atoms with Crippen LogP contribution < -0.4 is 15.5 Å². The van der Waals surface area contributed by atoms with Gasteiger partial charge in [-0.2, -0.15) is 0 Å². The predicted octanol–water partition coefficient (Wildman–Crippen LogP) is 2.02. The summed E-state index contributed by atoms with van der Waals surface area (Å²) in [6.45, 7) is 1.43. The minimum absolute atomic E-state index is 0.0301. The smallest absolute Gasteiger partial charge is 0.319 e. The minimum atomic E-state index is -0.680. The average molecular weight is 336 g/mol. The van der Waals surface area contributed by atoms with Crippen LogP contribution in [0.5, 0.6) is 0 Å². The van der Waals surface area contributed by atoms with Crippen molar-refractivity contribution < 1.29 is 13.6 Å². The highest BCUT2D eigenvalue weighted by Gasteiger charge is 2.21. The summed E-state index contributed by atoms with van der Waals surface area (Å²) in [6, 6.07) is 1.67. The first-order valence-electron chi connectivity index (χ1n) is 7.66. The fourth-order valence-electron chi connectivity index (χ4n) is 2.68. The molecule has 128 valence electrons. The number of anilines is 2. The summed E-state index contributed by atoms with van der Waals surface area (Å²) >= 11 is 0. The number of urea groups is 1. The molecule has 1 aromatic carbocycles. The number of nitrogens with one attached hydrogen (secondary N) is 2. The van der Waals surface area contributed by atoms with Gasteiger partial charge in [-0.1, -0.05) is 0 Å². The Kier molecular flexibility index (Phi) is 4.59. The van der Waals surface area contributed by atoms with E-state index in [9.17, 15) is 13.6 Å². The third-order valence-electron chi connectivity index (χ3n) is 3.91. The van der Waals surface area contributed by atoms with E-state index in [1.807, 2.05) is 0 Å². The Morgan fingerprint density at radius 2 is 1.92 bits per heavy atom. The number of rotatable bonds is 4. The van der Waals surface area contributed by atoms with Gasteiger partial charge in [0.15, 0.2) is 17.5 Å². The predicted molar refractivity (Wildman–Crippen MR) is 84.7 cm³/mol. The molecule has 2 N–H and O–H groups in total. The molecule has 1 fully saturated rings. The van der Waals surface area contributed by atoms with Crippen LogP contribution in [0.25, 0.3) is 0 Å². The zero-order valence-electron chi connectivity index (χ0n) is 13.2. The topological polar surface area (TPSA) is 75.1 Å². The maximum absolute atomic E-state index is 14.2. The van der Waals surface area contributed by atoms with Gasteiger partial charge in [-0.05, 0) is 25.0 Å².